The zero-order chi connectivity index (χ0) is 13.1. The lowest BCUT2D eigenvalue weighted by Gasteiger charge is -2.05. The number of nitrogens with one attached hydrogen (secondary N) is 2. The van der Waals surface area contributed by atoms with Crippen molar-refractivity contribution in [2.24, 2.45) is 7.05 Å². The van der Waals surface area contributed by atoms with Crippen LogP contribution in [0.25, 0.3) is 0 Å². The highest BCUT2D eigenvalue weighted by atomic mass is 35.5. The summed E-state index contributed by atoms with van der Waals surface area (Å²) in [6.07, 6.45) is 4.02. The molecule has 0 aliphatic rings. The van der Waals surface area contributed by atoms with Crippen molar-refractivity contribution >= 4 is 29.1 Å². The van der Waals surface area contributed by atoms with Crippen LogP contribution in [0.4, 0.5) is 0 Å². The van der Waals surface area contributed by atoms with E-state index in [1.165, 1.54) is 0 Å². The van der Waals surface area contributed by atoms with Gasteiger partial charge in [0.2, 0.25) is 0 Å². The predicted octanol–water partition coefficient (Wildman–Crippen LogP) is 2.03. The van der Waals surface area contributed by atoms with Crippen molar-refractivity contribution in [3.05, 3.63) is 40.2 Å². The van der Waals surface area contributed by atoms with Gasteiger partial charge in [0, 0.05) is 31.9 Å². The van der Waals surface area contributed by atoms with Crippen molar-refractivity contribution in [2.45, 2.75) is 6.42 Å². The lowest BCUT2D eigenvalue weighted by molar-refractivity contribution is 0.0946. The number of carbonyl (C=O) groups is 1. The second kappa shape index (κ2) is 5.46. The first-order valence-corrected chi connectivity index (χ1v) is 6.11. The maximum absolute atomic E-state index is 11.9. The van der Waals surface area contributed by atoms with Gasteiger partial charge in [-0.05, 0) is 6.07 Å². The largest absolute Gasteiger partial charge is 0.350 e. The van der Waals surface area contributed by atoms with Gasteiger partial charge in [-0.1, -0.05) is 23.2 Å². The summed E-state index contributed by atoms with van der Waals surface area (Å²) in [6.45, 7) is 0.515. The lowest BCUT2D eigenvalue weighted by Crippen LogP contribution is -2.27. The van der Waals surface area contributed by atoms with E-state index in [0.29, 0.717) is 28.8 Å². The van der Waals surface area contributed by atoms with Gasteiger partial charge in [-0.2, -0.15) is 0 Å². The fourth-order valence-corrected chi connectivity index (χ4v) is 1.96. The number of nitrogens with zero attached hydrogens (tertiary/aromatic N) is 2. The summed E-state index contributed by atoms with van der Waals surface area (Å²) >= 11 is 11.7. The Labute approximate surface area is 114 Å². The second-order valence-corrected chi connectivity index (χ2v) is 4.58. The van der Waals surface area contributed by atoms with E-state index < -0.39 is 0 Å². The molecule has 1 amide bonds. The molecule has 18 heavy (non-hydrogen) atoms. The molecule has 0 saturated carbocycles. The Morgan fingerprint density at radius 2 is 2.33 bits per heavy atom. The average molecular weight is 287 g/mol. The molecule has 0 radical (unpaired) electrons. The molecule has 2 N–H and O–H groups in total. The van der Waals surface area contributed by atoms with E-state index in [2.05, 4.69) is 15.3 Å². The minimum absolute atomic E-state index is 0.203. The number of H-pyrrole nitrogens is 1. The molecule has 2 aromatic heterocycles. The highest BCUT2D eigenvalue weighted by Gasteiger charge is 2.15. The van der Waals surface area contributed by atoms with E-state index >= 15 is 0 Å². The maximum atomic E-state index is 11.9. The van der Waals surface area contributed by atoms with Gasteiger partial charge in [-0.3, -0.25) is 4.79 Å². The highest BCUT2D eigenvalue weighted by molar-refractivity contribution is 6.41. The first kappa shape index (κ1) is 13.0. The van der Waals surface area contributed by atoms with Crippen molar-refractivity contribution in [1.29, 1.82) is 0 Å². The van der Waals surface area contributed by atoms with Crippen LogP contribution >= 0.6 is 23.2 Å². The molecule has 5 nitrogen and oxygen atoms in total. The molecule has 0 aromatic carbocycles. The van der Waals surface area contributed by atoms with Crippen molar-refractivity contribution in [1.82, 2.24) is 19.9 Å². The summed E-state index contributed by atoms with van der Waals surface area (Å²) in [7, 11) is 1.69. The van der Waals surface area contributed by atoms with Gasteiger partial charge in [-0.15, -0.1) is 0 Å². The Balaban J connectivity index is 1.93. The van der Waals surface area contributed by atoms with Crippen LogP contribution in [0.15, 0.2) is 18.6 Å². The normalized spacial score (nSPS) is 10.6. The Kier molecular flexibility index (Phi) is 3.93. The maximum Gasteiger partial charge on any atom is 0.268 e. The van der Waals surface area contributed by atoms with Gasteiger partial charge in [0.25, 0.3) is 5.91 Å². The summed E-state index contributed by atoms with van der Waals surface area (Å²) in [6, 6.07) is 1.55. The van der Waals surface area contributed by atoms with Crippen molar-refractivity contribution in [3.8, 4) is 0 Å². The van der Waals surface area contributed by atoms with Crippen LogP contribution < -0.4 is 5.32 Å². The fourth-order valence-electron chi connectivity index (χ4n) is 1.58. The molecule has 0 atom stereocenters. The number of hydrogen-bond acceptors (Lipinski definition) is 2. The van der Waals surface area contributed by atoms with E-state index in [1.807, 2.05) is 0 Å². The number of rotatable bonds is 4. The summed E-state index contributed by atoms with van der Waals surface area (Å²) in [5, 5.41) is 3.52. The monoisotopic (exact) mass is 286 g/mol. The zero-order valence-corrected chi connectivity index (χ0v) is 11.2. The summed E-state index contributed by atoms with van der Waals surface area (Å²) in [5.74, 6) is -0.203. The SMILES string of the molecule is Cn1c(C(=O)NCCc2cnc[nH]2)cc(Cl)c1Cl. The van der Waals surface area contributed by atoms with E-state index in [4.69, 9.17) is 23.2 Å². The van der Waals surface area contributed by atoms with E-state index in [0.717, 1.165) is 5.69 Å². The fraction of sp³-hybridized carbons (Fsp3) is 0.273. The Bertz CT molecular complexity index is 548. The number of amides is 1. The second-order valence-electron chi connectivity index (χ2n) is 3.81. The quantitative estimate of drug-likeness (QED) is 0.903. The Morgan fingerprint density at radius 3 is 2.89 bits per heavy atom. The van der Waals surface area contributed by atoms with Gasteiger partial charge in [-0.25, -0.2) is 4.98 Å². The molecule has 2 heterocycles. The molecule has 0 saturated heterocycles. The third-order valence-electron chi connectivity index (χ3n) is 2.58. The first-order valence-electron chi connectivity index (χ1n) is 5.35. The molecule has 0 bridgehead atoms. The molecule has 0 unspecified atom stereocenters. The first-order chi connectivity index (χ1) is 8.59. The number of aromatic nitrogens is 3. The topological polar surface area (TPSA) is 62.7 Å². The van der Waals surface area contributed by atoms with Crippen molar-refractivity contribution < 1.29 is 4.79 Å². The zero-order valence-electron chi connectivity index (χ0n) is 9.70. The van der Waals surface area contributed by atoms with Gasteiger partial charge in [0.1, 0.15) is 10.8 Å². The molecule has 7 heteroatoms. The Hall–Kier alpha value is -1.46. The third kappa shape index (κ3) is 2.68. The summed E-state index contributed by atoms with van der Waals surface area (Å²) in [4.78, 5) is 18.7. The predicted molar refractivity (Wildman–Crippen MR) is 70.1 cm³/mol. The average Bonchev–Trinajstić information content (AvgIpc) is 2.94. The van der Waals surface area contributed by atoms with E-state index in [-0.39, 0.29) is 5.91 Å². The lowest BCUT2D eigenvalue weighted by atomic mass is 10.3. The number of carbonyl (C=O) groups excluding carboxylic acids is 1. The van der Waals surface area contributed by atoms with Crippen LogP contribution in [-0.2, 0) is 13.5 Å². The smallest absolute Gasteiger partial charge is 0.268 e. The molecular formula is C11H12Cl2N4O. The molecule has 0 aliphatic heterocycles. The van der Waals surface area contributed by atoms with Crippen LogP contribution in [0.5, 0.6) is 0 Å². The third-order valence-corrected chi connectivity index (χ3v) is 3.43. The molecular weight excluding hydrogens is 275 g/mol. The minimum Gasteiger partial charge on any atom is -0.350 e. The molecule has 0 spiro atoms. The van der Waals surface area contributed by atoms with Crippen LogP contribution in [0.2, 0.25) is 10.2 Å². The number of halogens is 2. The van der Waals surface area contributed by atoms with E-state index in [9.17, 15) is 4.79 Å². The van der Waals surface area contributed by atoms with Crippen LogP contribution in [0.1, 0.15) is 16.2 Å². The van der Waals surface area contributed by atoms with Gasteiger partial charge in [0.15, 0.2) is 0 Å². The molecule has 96 valence electrons. The van der Waals surface area contributed by atoms with Crippen molar-refractivity contribution in [2.75, 3.05) is 6.54 Å². The van der Waals surface area contributed by atoms with Crippen LogP contribution in [0.3, 0.4) is 0 Å². The highest BCUT2D eigenvalue weighted by Crippen LogP contribution is 2.24. The molecule has 0 fully saturated rings. The summed E-state index contributed by atoms with van der Waals surface area (Å²) in [5.41, 5.74) is 1.41. The number of aromatic amines is 1. The Morgan fingerprint density at radius 1 is 1.56 bits per heavy atom. The summed E-state index contributed by atoms with van der Waals surface area (Å²) < 4.78 is 1.55. The minimum atomic E-state index is -0.203. The number of hydrogen-bond donors (Lipinski definition) is 2. The molecule has 2 aromatic rings. The molecule has 0 aliphatic carbocycles. The standard InChI is InChI=1S/C11H12Cl2N4O/c1-17-9(4-8(12)10(17)13)11(18)15-3-2-7-5-14-6-16-7/h4-6H,2-3H2,1H3,(H,14,16)(H,15,18). The van der Waals surface area contributed by atoms with Crippen LogP contribution in [0, 0.1) is 0 Å². The van der Waals surface area contributed by atoms with Crippen molar-refractivity contribution in [3.63, 3.8) is 0 Å². The van der Waals surface area contributed by atoms with Crippen LogP contribution in [-0.4, -0.2) is 27.0 Å². The molecule has 2 rings (SSSR count). The van der Waals surface area contributed by atoms with Gasteiger partial charge < -0.3 is 14.9 Å². The van der Waals surface area contributed by atoms with E-state index in [1.54, 1.807) is 30.2 Å². The number of imidazole rings is 1. The van der Waals surface area contributed by atoms with Gasteiger partial charge in [0.05, 0.1) is 11.3 Å². The van der Waals surface area contributed by atoms with Gasteiger partial charge >= 0.3 is 0 Å².